The zero-order valence-electron chi connectivity index (χ0n) is 8.08. The molecule has 14 heavy (non-hydrogen) atoms. The van der Waals surface area contributed by atoms with E-state index < -0.39 is 5.38 Å². The van der Waals surface area contributed by atoms with Crippen LogP contribution in [0.1, 0.15) is 33.8 Å². The standard InChI is InChI=1S/C11H11ClO2/c1-7-5-9(6-13)3-4-10(7)11(12)8(2)14/h3-6,11H,1-2H3. The van der Waals surface area contributed by atoms with Crippen molar-refractivity contribution in [2.75, 3.05) is 0 Å². The molecular weight excluding hydrogens is 200 g/mol. The molecule has 0 N–H and O–H groups in total. The molecule has 1 unspecified atom stereocenters. The summed E-state index contributed by atoms with van der Waals surface area (Å²) in [6, 6.07) is 5.10. The fraction of sp³-hybridized carbons (Fsp3) is 0.273. The largest absolute Gasteiger partial charge is 0.298 e. The summed E-state index contributed by atoms with van der Waals surface area (Å²) in [4.78, 5) is 21.5. The topological polar surface area (TPSA) is 34.1 Å². The summed E-state index contributed by atoms with van der Waals surface area (Å²) >= 11 is 5.90. The predicted molar refractivity (Wildman–Crippen MR) is 55.8 cm³/mol. The highest BCUT2D eigenvalue weighted by atomic mass is 35.5. The maximum absolute atomic E-state index is 11.0. The van der Waals surface area contributed by atoms with Gasteiger partial charge in [0.05, 0.1) is 0 Å². The van der Waals surface area contributed by atoms with Crippen molar-refractivity contribution in [3.05, 3.63) is 34.9 Å². The van der Waals surface area contributed by atoms with Gasteiger partial charge in [0, 0.05) is 5.56 Å². The van der Waals surface area contributed by atoms with Crippen molar-refractivity contribution in [3.63, 3.8) is 0 Å². The minimum Gasteiger partial charge on any atom is -0.298 e. The molecule has 0 saturated carbocycles. The van der Waals surface area contributed by atoms with E-state index in [1.807, 2.05) is 6.92 Å². The van der Waals surface area contributed by atoms with Crippen molar-refractivity contribution in [1.82, 2.24) is 0 Å². The third-order valence-electron chi connectivity index (χ3n) is 2.06. The average Bonchev–Trinajstić information content (AvgIpc) is 2.16. The van der Waals surface area contributed by atoms with Crippen LogP contribution >= 0.6 is 11.6 Å². The van der Waals surface area contributed by atoms with Gasteiger partial charge in [0.1, 0.15) is 11.7 Å². The number of ketones is 1. The van der Waals surface area contributed by atoms with Crippen molar-refractivity contribution < 1.29 is 9.59 Å². The first-order valence-corrected chi connectivity index (χ1v) is 4.70. The van der Waals surface area contributed by atoms with Gasteiger partial charge in [-0.3, -0.25) is 9.59 Å². The lowest BCUT2D eigenvalue weighted by Gasteiger charge is -2.09. The molecule has 0 aromatic heterocycles. The summed E-state index contributed by atoms with van der Waals surface area (Å²) in [7, 11) is 0. The van der Waals surface area contributed by atoms with Gasteiger partial charge in [0.15, 0.2) is 5.78 Å². The number of rotatable bonds is 3. The van der Waals surface area contributed by atoms with E-state index >= 15 is 0 Å². The summed E-state index contributed by atoms with van der Waals surface area (Å²) in [6.07, 6.45) is 0.772. The Morgan fingerprint density at radius 1 is 1.50 bits per heavy atom. The van der Waals surface area contributed by atoms with E-state index in [0.29, 0.717) is 5.56 Å². The van der Waals surface area contributed by atoms with Gasteiger partial charge in [-0.05, 0) is 31.0 Å². The molecule has 1 aromatic carbocycles. The molecule has 1 aromatic rings. The summed E-state index contributed by atoms with van der Waals surface area (Å²) < 4.78 is 0. The fourth-order valence-electron chi connectivity index (χ4n) is 1.28. The molecule has 0 aliphatic carbocycles. The van der Waals surface area contributed by atoms with Crippen LogP contribution in [0.15, 0.2) is 18.2 Å². The minimum absolute atomic E-state index is 0.0892. The Labute approximate surface area is 87.9 Å². The summed E-state index contributed by atoms with van der Waals surface area (Å²) in [5, 5.41) is -0.615. The molecule has 0 aliphatic heterocycles. The second-order valence-electron chi connectivity index (χ2n) is 3.21. The Balaban J connectivity index is 3.11. The molecule has 1 atom stereocenters. The number of hydrogen-bond donors (Lipinski definition) is 0. The number of aryl methyl sites for hydroxylation is 1. The number of benzene rings is 1. The number of halogens is 1. The van der Waals surface area contributed by atoms with Gasteiger partial charge in [-0.25, -0.2) is 0 Å². The number of Topliss-reactive ketones (excluding diaryl/α,β-unsaturated/α-hetero) is 1. The number of aldehydes is 1. The smallest absolute Gasteiger partial charge is 0.152 e. The Hall–Kier alpha value is -1.15. The second-order valence-corrected chi connectivity index (χ2v) is 3.64. The lowest BCUT2D eigenvalue weighted by atomic mass is 10.0. The predicted octanol–water partition coefficient (Wildman–Crippen LogP) is 2.68. The monoisotopic (exact) mass is 210 g/mol. The van der Waals surface area contributed by atoms with Gasteiger partial charge in [0.2, 0.25) is 0 Å². The molecule has 0 heterocycles. The molecule has 3 heteroatoms. The first kappa shape index (κ1) is 10.9. The van der Waals surface area contributed by atoms with Gasteiger partial charge in [-0.2, -0.15) is 0 Å². The van der Waals surface area contributed by atoms with E-state index in [1.54, 1.807) is 18.2 Å². The average molecular weight is 211 g/mol. The zero-order chi connectivity index (χ0) is 10.7. The van der Waals surface area contributed by atoms with Crippen molar-refractivity contribution >= 4 is 23.7 Å². The Morgan fingerprint density at radius 2 is 2.14 bits per heavy atom. The van der Waals surface area contributed by atoms with Crippen LogP contribution in [0.3, 0.4) is 0 Å². The molecular formula is C11H11ClO2. The third kappa shape index (κ3) is 2.20. The number of hydrogen-bond acceptors (Lipinski definition) is 2. The van der Waals surface area contributed by atoms with Gasteiger partial charge in [0.25, 0.3) is 0 Å². The highest BCUT2D eigenvalue weighted by molar-refractivity contribution is 6.30. The molecule has 2 nitrogen and oxygen atoms in total. The van der Waals surface area contributed by atoms with Gasteiger partial charge >= 0.3 is 0 Å². The Kier molecular flexibility index (Phi) is 3.42. The fourth-order valence-corrected chi connectivity index (χ4v) is 1.52. The van der Waals surface area contributed by atoms with E-state index in [1.165, 1.54) is 6.92 Å². The van der Waals surface area contributed by atoms with Gasteiger partial charge in [-0.15, -0.1) is 11.6 Å². The SMILES string of the molecule is CC(=O)C(Cl)c1ccc(C=O)cc1C. The normalized spacial score (nSPS) is 12.2. The van der Waals surface area contributed by atoms with Crippen LogP contribution in [0, 0.1) is 6.92 Å². The molecule has 74 valence electrons. The molecule has 0 saturated heterocycles. The van der Waals surface area contributed by atoms with Gasteiger partial charge in [-0.1, -0.05) is 12.1 Å². The maximum Gasteiger partial charge on any atom is 0.152 e. The van der Waals surface area contributed by atoms with Crippen LogP contribution in [0.25, 0.3) is 0 Å². The molecule has 0 spiro atoms. The molecule has 0 fully saturated rings. The van der Waals surface area contributed by atoms with E-state index in [0.717, 1.165) is 17.4 Å². The third-order valence-corrected chi connectivity index (χ3v) is 2.60. The van der Waals surface area contributed by atoms with Crippen LogP contribution in [0.2, 0.25) is 0 Å². The summed E-state index contributed by atoms with van der Waals surface area (Å²) in [5.74, 6) is -0.0892. The number of carbonyl (C=O) groups excluding carboxylic acids is 2. The number of alkyl halides is 1. The van der Waals surface area contributed by atoms with Crippen LogP contribution in [-0.4, -0.2) is 12.1 Å². The van der Waals surface area contributed by atoms with E-state index in [-0.39, 0.29) is 5.78 Å². The zero-order valence-corrected chi connectivity index (χ0v) is 8.84. The lowest BCUT2D eigenvalue weighted by Crippen LogP contribution is -2.03. The highest BCUT2D eigenvalue weighted by Gasteiger charge is 2.15. The van der Waals surface area contributed by atoms with Crippen molar-refractivity contribution in [2.24, 2.45) is 0 Å². The quantitative estimate of drug-likeness (QED) is 0.568. The molecule has 0 bridgehead atoms. The lowest BCUT2D eigenvalue weighted by molar-refractivity contribution is -0.116. The summed E-state index contributed by atoms with van der Waals surface area (Å²) in [6.45, 7) is 3.28. The van der Waals surface area contributed by atoms with Crippen LogP contribution < -0.4 is 0 Å². The molecule has 1 rings (SSSR count). The number of carbonyl (C=O) groups is 2. The second kappa shape index (κ2) is 4.38. The van der Waals surface area contributed by atoms with Crippen LogP contribution in [0.4, 0.5) is 0 Å². The van der Waals surface area contributed by atoms with Crippen molar-refractivity contribution in [1.29, 1.82) is 0 Å². The van der Waals surface area contributed by atoms with Crippen LogP contribution in [0.5, 0.6) is 0 Å². The Bertz CT molecular complexity index is 372. The molecule has 0 amide bonds. The van der Waals surface area contributed by atoms with Crippen molar-refractivity contribution in [2.45, 2.75) is 19.2 Å². The van der Waals surface area contributed by atoms with E-state index in [9.17, 15) is 9.59 Å². The van der Waals surface area contributed by atoms with Crippen LogP contribution in [-0.2, 0) is 4.79 Å². The first-order chi connectivity index (χ1) is 6.56. The first-order valence-electron chi connectivity index (χ1n) is 4.26. The minimum atomic E-state index is -0.615. The van der Waals surface area contributed by atoms with E-state index in [2.05, 4.69) is 0 Å². The Morgan fingerprint density at radius 3 is 2.57 bits per heavy atom. The van der Waals surface area contributed by atoms with Gasteiger partial charge < -0.3 is 0 Å². The molecule has 0 radical (unpaired) electrons. The van der Waals surface area contributed by atoms with E-state index in [4.69, 9.17) is 11.6 Å². The maximum atomic E-state index is 11.0. The highest BCUT2D eigenvalue weighted by Crippen LogP contribution is 2.24. The molecule has 0 aliphatic rings. The van der Waals surface area contributed by atoms with Crippen molar-refractivity contribution in [3.8, 4) is 0 Å². The summed E-state index contributed by atoms with van der Waals surface area (Å²) in [5.41, 5.74) is 2.23.